The van der Waals surface area contributed by atoms with Crippen LogP contribution in [0.3, 0.4) is 0 Å². The normalized spacial score (nSPS) is 12.9. The van der Waals surface area contributed by atoms with E-state index in [0.29, 0.717) is 23.1 Å². The van der Waals surface area contributed by atoms with Crippen LogP contribution in [0, 0.1) is 0 Å². The minimum atomic E-state index is -0.520. The third kappa shape index (κ3) is 4.04. The van der Waals surface area contributed by atoms with E-state index in [2.05, 4.69) is 39.3 Å². The maximum atomic E-state index is 10.7. The molecule has 0 radical (unpaired) electrons. The Morgan fingerprint density at radius 2 is 1.58 bits per heavy atom. The Bertz CT molecular complexity index is 1310. The van der Waals surface area contributed by atoms with E-state index < -0.39 is 6.10 Å². The van der Waals surface area contributed by atoms with Crippen molar-refractivity contribution in [2.24, 2.45) is 0 Å². The molecule has 2 heterocycles. The highest BCUT2D eigenvalue weighted by molar-refractivity contribution is 6.33. The molecule has 5 aromatic rings. The van der Waals surface area contributed by atoms with Gasteiger partial charge >= 0.3 is 0 Å². The van der Waals surface area contributed by atoms with Gasteiger partial charge in [0.05, 0.1) is 12.6 Å². The third-order valence-electron chi connectivity index (χ3n) is 5.81. The number of H-pyrrole nitrogens is 1. The SMILES string of the molecule is O[C@H](CNCCc1c[nH]c2ccccc12)Cn1c2ccc(Cl)cc2c2cc(Cl)ccc21. The summed E-state index contributed by atoms with van der Waals surface area (Å²) in [6.45, 7) is 1.81. The Kier molecular flexibility index (Phi) is 5.63. The number of benzene rings is 3. The average molecular weight is 452 g/mol. The summed E-state index contributed by atoms with van der Waals surface area (Å²) in [5.41, 5.74) is 4.52. The molecule has 3 N–H and O–H groups in total. The van der Waals surface area contributed by atoms with Gasteiger partial charge in [0.1, 0.15) is 0 Å². The van der Waals surface area contributed by atoms with Crippen molar-refractivity contribution < 1.29 is 5.11 Å². The molecule has 0 unspecified atom stereocenters. The second-order valence-corrected chi connectivity index (χ2v) is 8.77. The third-order valence-corrected chi connectivity index (χ3v) is 6.28. The molecule has 0 aliphatic heterocycles. The maximum absolute atomic E-state index is 10.7. The van der Waals surface area contributed by atoms with Gasteiger partial charge in [-0.15, -0.1) is 0 Å². The first kappa shape index (κ1) is 20.4. The van der Waals surface area contributed by atoms with Crippen LogP contribution in [0.25, 0.3) is 32.7 Å². The standard InChI is InChI=1S/C25H23Cl2N3O/c26-17-5-7-24-21(11-17)22-12-18(27)6-8-25(22)30(24)15-19(31)14-28-10-9-16-13-29-23-4-2-1-3-20(16)23/h1-8,11-13,19,28-29,31H,9-10,14-15H2/t19-/m1/s1. The van der Waals surface area contributed by atoms with Gasteiger partial charge in [-0.25, -0.2) is 0 Å². The van der Waals surface area contributed by atoms with Gasteiger partial charge in [0, 0.05) is 55.5 Å². The largest absolute Gasteiger partial charge is 0.390 e. The number of aliphatic hydroxyl groups is 1. The van der Waals surface area contributed by atoms with E-state index >= 15 is 0 Å². The quantitative estimate of drug-likeness (QED) is 0.275. The van der Waals surface area contributed by atoms with Crippen molar-refractivity contribution in [3.63, 3.8) is 0 Å². The van der Waals surface area contributed by atoms with Gasteiger partial charge in [-0.3, -0.25) is 0 Å². The number of fused-ring (bicyclic) bond motifs is 4. The number of halogens is 2. The molecule has 0 aliphatic rings. The average Bonchev–Trinajstić information content (AvgIpc) is 3.30. The van der Waals surface area contributed by atoms with E-state index in [0.717, 1.165) is 40.3 Å². The number of rotatable bonds is 7. The molecular weight excluding hydrogens is 429 g/mol. The van der Waals surface area contributed by atoms with Gasteiger partial charge < -0.3 is 20.0 Å². The zero-order chi connectivity index (χ0) is 21.4. The zero-order valence-corrected chi connectivity index (χ0v) is 18.4. The van der Waals surface area contributed by atoms with Crippen molar-refractivity contribution >= 4 is 55.9 Å². The van der Waals surface area contributed by atoms with Crippen molar-refractivity contribution in [1.82, 2.24) is 14.9 Å². The van der Waals surface area contributed by atoms with Gasteiger partial charge in [0.25, 0.3) is 0 Å². The van der Waals surface area contributed by atoms with Gasteiger partial charge in [-0.05, 0) is 61.0 Å². The van der Waals surface area contributed by atoms with Crippen molar-refractivity contribution in [3.8, 4) is 0 Å². The second kappa shape index (κ2) is 8.56. The molecule has 31 heavy (non-hydrogen) atoms. The van der Waals surface area contributed by atoms with E-state index in [1.54, 1.807) is 0 Å². The lowest BCUT2D eigenvalue weighted by Crippen LogP contribution is -2.31. The van der Waals surface area contributed by atoms with Crippen LogP contribution in [-0.2, 0) is 13.0 Å². The highest BCUT2D eigenvalue weighted by atomic mass is 35.5. The molecule has 0 fully saturated rings. The van der Waals surface area contributed by atoms with Crippen LogP contribution in [0.15, 0.2) is 66.9 Å². The molecule has 1 atom stereocenters. The molecule has 0 saturated heterocycles. The molecule has 2 aromatic heterocycles. The molecule has 158 valence electrons. The summed E-state index contributed by atoms with van der Waals surface area (Å²) in [7, 11) is 0. The Labute approximate surface area is 190 Å². The minimum Gasteiger partial charge on any atom is -0.390 e. The first-order chi connectivity index (χ1) is 15.1. The first-order valence-corrected chi connectivity index (χ1v) is 11.2. The van der Waals surface area contributed by atoms with Crippen LogP contribution in [-0.4, -0.2) is 33.9 Å². The highest BCUT2D eigenvalue weighted by Crippen LogP contribution is 2.33. The summed E-state index contributed by atoms with van der Waals surface area (Å²) < 4.78 is 2.14. The van der Waals surface area contributed by atoms with E-state index in [1.165, 1.54) is 10.9 Å². The summed E-state index contributed by atoms with van der Waals surface area (Å²) in [6.07, 6.45) is 2.45. The number of hydrogen-bond acceptors (Lipinski definition) is 2. The summed E-state index contributed by atoms with van der Waals surface area (Å²) in [5, 5.41) is 18.9. The number of nitrogens with one attached hydrogen (secondary N) is 2. The number of aromatic nitrogens is 2. The van der Waals surface area contributed by atoms with Crippen LogP contribution >= 0.6 is 23.2 Å². The van der Waals surface area contributed by atoms with Crippen LogP contribution in [0.1, 0.15) is 5.56 Å². The number of aliphatic hydroxyl groups excluding tert-OH is 1. The minimum absolute atomic E-state index is 0.489. The van der Waals surface area contributed by atoms with Crippen LogP contribution in [0.2, 0.25) is 10.0 Å². The van der Waals surface area contributed by atoms with Gasteiger partial charge in [-0.1, -0.05) is 41.4 Å². The van der Waals surface area contributed by atoms with Crippen LogP contribution in [0.5, 0.6) is 0 Å². The van der Waals surface area contributed by atoms with E-state index in [4.69, 9.17) is 23.2 Å². The van der Waals surface area contributed by atoms with Gasteiger partial charge in [0.15, 0.2) is 0 Å². The van der Waals surface area contributed by atoms with Gasteiger partial charge in [-0.2, -0.15) is 0 Å². The molecule has 5 rings (SSSR count). The molecule has 0 aliphatic carbocycles. The number of nitrogens with zero attached hydrogens (tertiary/aromatic N) is 1. The van der Waals surface area contributed by atoms with Crippen molar-refractivity contribution in [2.45, 2.75) is 19.1 Å². The summed E-state index contributed by atoms with van der Waals surface area (Å²) >= 11 is 12.5. The fraction of sp³-hybridized carbons (Fsp3) is 0.200. The summed E-state index contributed by atoms with van der Waals surface area (Å²) in [6, 6.07) is 20.0. The van der Waals surface area contributed by atoms with E-state index in [-0.39, 0.29) is 0 Å². The Hall–Kier alpha value is -2.50. The fourth-order valence-corrected chi connectivity index (χ4v) is 4.69. The number of hydrogen-bond donors (Lipinski definition) is 3. The smallest absolute Gasteiger partial charge is 0.0843 e. The van der Waals surface area contributed by atoms with E-state index in [1.807, 2.05) is 42.5 Å². The summed E-state index contributed by atoms with van der Waals surface area (Å²) in [4.78, 5) is 3.31. The van der Waals surface area contributed by atoms with Gasteiger partial charge in [0.2, 0.25) is 0 Å². The predicted octanol–water partition coefficient (Wildman–Crippen LogP) is 5.78. The number of aromatic amines is 1. The first-order valence-electron chi connectivity index (χ1n) is 10.4. The summed E-state index contributed by atoms with van der Waals surface area (Å²) in [5.74, 6) is 0. The number of para-hydroxylation sites is 1. The molecule has 3 aromatic carbocycles. The zero-order valence-electron chi connectivity index (χ0n) is 16.9. The maximum Gasteiger partial charge on any atom is 0.0843 e. The topological polar surface area (TPSA) is 53.0 Å². The Balaban J connectivity index is 1.28. The molecule has 0 amide bonds. The molecule has 0 spiro atoms. The molecule has 6 heteroatoms. The molecular formula is C25H23Cl2N3O. The predicted molar refractivity (Wildman–Crippen MR) is 130 cm³/mol. The van der Waals surface area contributed by atoms with Crippen molar-refractivity contribution in [3.05, 3.63) is 82.5 Å². The van der Waals surface area contributed by atoms with Crippen LogP contribution in [0.4, 0.5) is 0 Å². The van der Waals surface area contributed by atoms with E-state index in [9.17, 15) is 5.11 Å². The Morgan fingerprint density at radius 1 is 0.903 bits per heavy atom. The fourth-order valence-electron chi connectivity index (χ4n) is 4.35. The second-order valence-electron chi connectivity index (χ2n) is 7.90. The molecule has 0 saturated carbocycles. The monoisotopic (exact) mass is 451 g/mol. The molecule has 4 nitrogen and oxygen atoms in total. The highest BCUT2D eigenvalue weighted by Gasteiger charge is 2.14. The van der Waals surface area contributed by atoms with Crippen molar-refractivity contribution in [2.75, 3.05) is 13.1 Å². The molecule has 0 bridgehead atoms. The van der Waals surface area contributed by atoms with Crippen molar-refractivity contribution in [1.29, 1.82) is 0 Å². The lowest BCUT2D eigenvalue weighted by Gasteiger charge is -2.15. The Morgan fingerprint density at radius 3 is 2.29 bits per heavy atom. The lowest BCUT2D eigenvalue weighted by molar-refractivity contribution is 0.154. The van der Waals surface area contributed by atoms with Crippen LogP contribution < -0.4 is 5.32 Å². The lowest BCUT2D eigenvalue weighted by atomic mass is 10.1.